The number of carbonyl (C=O) groups excluding carboxylic acids is 2. The first-order chi connectivity index (χ1) is 11.6. The van der Waals surface area contributed by atoms with Gasteiger partial charge in [-0.25, -0.2) is 0 Å². The molecule has 0 aliphatic carbocycles. The molecule has 1 atom stereocenters. The number of hydrogen-bond acceptors (Lipinski definition) is 3. The number of carboxylic acids is 1. The molecular formula is C19H26N2O4. The van der Waals surface area contributed by atoms with E-state index in [1.165, 1.54) is 4.90 Å². The van der Waals surface area contributed by atoms with E-state index in [0.29, 0.717) is 6.54 Å². The van der Waals surface area contributed by atoms with Crippen molar-refractivity contribution in [3.05, 3.63) is 28.8 Å². The molecule has 2 rings (SSSR count). The molecule has 1 unspecified atom stereocenters. The Hall–Kier alpha value is -2.37. The molecule has 0 saturated carbocycles. The molecule has 1 saturated heterocycles. The van der Waals surface area contributed by atoms with Crippen molar-refractivity contribution in [2.75, 3.05) is 18.0 Å². The van der Waals surface area contributed by atoms with Gasteiger partial charge in [0.2, 0.25) is 11.8 Å². The first-order valence-electron chi connectivity index (χ1n) is 8.52. The fourth-order valence-electron chi connectivity index (χ4n) is 3.58. The average Bonchev–Trinajstić information content (AvgIpc) is 2.84. The molecule has 25 heavy (non-hydrogen) atoms. The van der Waals surface area contributed by atoms with Crippen LogP contribution in [0.4, 0.5) is 5.69 Å². The minimum Gasteiger partial charge on any atom is -0.480 e. The SMILES string of the molecule is Cc1cc(C)c(N2CC(C(=O)N(CC(=O)O)C(C)C)CC2=O)c(C)c1. The Kier molecular flexibility index (Phi) is 5.50. The van der Waals surface area contributed by atoms with Gasteiger partial charge >= 0.3 is 5.97 Å². The van der Waals surface area contributed by atoms with E-state index in [-0.39, 0.29) is 30.8 Å². The van der Waals surface area contributed by atoms with Gasteiger partial charge in [-0.3, -0.25) is 14.4 Å². The van der Waals surface area contributed by atoms with Crippen molar-refractivity contribution in [3.63, 3.8) is 0 Å². The Labute approximate surface area is 148 Å². The first kappa shape index (κ1) is 19.0. The highest BCUT2D eigenvalue weighted by Crippen LogP contribution is 2.32. The molecule has 0 radical (unpaired) electrons. The number of anilines is 1. The smallest absolute Gasteiger partial charge is 0.323 e. The summed E-state index contributed by atoms with van der Waals surface area (Å²) >= 11 is 0. The molecule has 1 aromatic carbocycles. The molecule has 0 bridgehead atoms. The third kappa shape index (κ3) is 4.00. The van der Waals surface area contributed by atoms with Gasteiger partial charge in [0.25, 0.3) is 0 Å². The van der Waals surface area contributed by atoms with Crippen molar-refractivity contribution in [2.45, 2.75) is 47.1 Å². The monoisotopic (exact) mass is 346 g/mol. The van der Waals surface area contributed by atoms with Crippen LogP contribution in [0.1, 0.15) is 37.0 Å². The van der Waals surface area contributed by atoms with Crippen LogP contribution in [0.2, 0.25) is 0 Å². The summed E-state index contributed by atoms with van der Waals surface area (Å²) in [4.78, 5) is 39.3. The number of hydrogen-bond donors (Lipinski definition) is 1. The molecule has 1 heterocycles. The highest BCUT2D eigenvalue weighted by Gasteiger charge is 2.39. The number of amides is 2. The van der Waals surface area contributed by atoms with E-state index in [4.69, 9.17) is 5.11 Å². The predicted octanol–water partition coefficient (Wildman–Crippen LogP) is 2.29. The van der Waals surface area contributed by atoms with Crippen LogP contribution in [0, 0.1) is 26.7 Å². The van der Waals surface area contributed by atoms with E-state index < -0.39 is 11.9 Å². The molecule has 1 fully saturated rings. The van der Waals surface area contributed by atoms with Gasteiger partial charge in [-0.05, 0) is 45.7 Å². The number of carboxylic acid groups (broad SMARTS) is 1. The Bertz CT molecular complexity index is 688. The maximum Gasteiger partial charge on any atom is 0.323 e. The number of carbonyl (C=O) groups is 3. The first-order valence-corrected chi connectivity index (χ1v) is 8.52. The van der Waals surface area contributed by atoms with Crippen LogP contribution < -0.4 is 4.90 Å². The van der Waals surface area contributed by atoms with Crippen molar-refractivity contribution < 1.29 is 19.5 Å². The quantitative estimate of drug-likeness (QED) is 0.887. The van der Waals surface area contributed by atoms with E-state index in [2.05, 4.69) is 0 Å². The molecule has 0 spiro atoms. The zero-order valence-electron chi connectivity index (χ0n) is 15.5. The average molecular weight is 346 g/mol. The molecule has 1 N–H and O–H groups in total. The van der Waals surface area contributed by atoms with E-state index >= 15 is 0 Å². The van der Waals surface area contributed by atoms with Crippen molar-refractivity contribution >= 4 is 23.5 Å². The van der Waals surface area contributed by atoms with Crippen LogP contribution in [0.3, 0.4) is 0 Å². The van der Waals surface area contributed by atoms with E-state index in [9.17, 15) is 14.4 Å². The number of aliphatic carboxylic acids is 1. The summed E-state index contributed by atoms with van der Waals surface area (Å²) in [5, 5.41) is 9.03. The van der Waals surface area contributed by atoms with Gasteiger partial charge in [-0.1, -0.05) is 17.7 Å². The van der Waals surface area contributed by atoms with Crippen molar-refractivity contribution in [2.24, 2.45) is 5.92 Å². The fraction of sp³-hybridized carbons (Fsp3) is 0.526. The van der Waals surface area contributed by atoms with Crippen LogP contribution in [0.5, 0.6) is 0 Å². The lowest BCUT2D eigenvalue weighted by atomic mass is 10.0. The Morgan fingerprint density at radius 1 is 1.24 bits per heavy atom. The molecule has 136 valence electrons. The standard InChI is InChI=1S/C19H26N2O4/c1-11(2)20(10-17(23)24)19(25)15-8-16(22)21(9-15)18-13(4)6-12(3)7-14(18)5/h6-7,11,15H,8-10H2,1-5H3,(H,23,24). The molecule has 1 aliphatic rings. The summed E-state index contributed by atoms with van der Waals surface area (Å²) in [6.07, 6.45) is 0.119. The van der Waals surface area contributed by atoms with Crippen LogP contribution in [-0.2, 0) is 14.4 Å². The van der Waals surface area contributed by atoms with Crippen molar-refractivity contribution in [3.8, 4) is 0 Å². The Morgan fingerprint density at radius 2 is 1.80 bits per heavy atom. The van der Waals surface area contributed by atoms with Crippen molar-refractivity contribution in [1.82, 2.24) is 4.90 Å². The molecule has 1 aromatic rings. The van der Waals surface area contributed by atoms with Gasteiger partial charge in [0, 0.05) is 24.7 Å². The second-order valence-electron chi connectivity index (χ2n) is 7.11. The highest BCUT2D eigenvalue weighted by molar-refractivity contribution is 6.01. The van der Waals surface area contributed by atoms with Gasteiger partial charge in [0.05, 0.1) is 5.92 Å². The van der Waals surface area contributed by atoms with Crippen LogP contribution >= 0.6 is 0 Å². The van der Waals surface area contributed by atoms with Gasteiger partial charge in [0.15, 0.2) is 0 Å². The van der Waals surface area contributed by atoms with Crippen LogP contribution in [0.25, 0.3) is 0 Å². The van der Waals surface area contributed by atoms with Crippen LogP contribution in [-0.4, -0.2) is 46.9 Å². The molecular weight excluding hydrogens is 320 g/mol. The zero-order valence-corrected chi connectivity index (χ0v) is 15.5. The minimum absolute atomic E-state index is 0.0903. The van der Waals surface area contributed by atoms with Crippen LogP contribution in [0.15, 0.2) is 12.1 Å². The summed E-state index contributed by atoms with van der Waals surface area (Å²) in [5.74, 6) is -1.91. The number of aryl methyl sites for hydroxylation is 3. The third-order valence-corrected chi connectivity index (χ3v) is 4.59. The van der Waals surface area contributed by atoms with E-state index in [1.54, 1.807) is 18.7 Å². The molecule has 2 amide bonds. The van der Waals surface area contributed by atoms with Gasteiger partial charge in [-0.2, -0.15) is 0 Å². The lowest BCUT2D eigenvalue weighted by Crippen LogP contribution is -2.44. The lowest BCUT2D eigenvalue weighted by Gasteiger charge is -2.28. The van der Waals surface area contributed by atoms with Crippen molar-refractivity contribution in [1.29, 1.82) is 0 Å². The topological polar surface area (TPSA) is 77.9 Å². The minimum atomic E-state index is -1.05. The maximum atomic E-state index is 12.8. The summed E-state index contributed by atoms with van der Waals surface area (Å²) in [7, 11) is 0. The molecule has 6 nitrogen and oxygen atoms in total. The molecule has 1 aliphatic heterocycles. The Morgan fingerprint density at radius 3 is 2.28 bits per heavy atom. The summed E-state index contributed by atoms with van der Waals surface area (Å²) in [5.41, 5.74) is 4.00. The lowest BCUT2D eigenvalue weighted by molar-refractivity contribution is -0.147. The second kappa shape index (κ2) is 7.25. The largest absolute Gasteiger partial charge is 0.480 e. The normalized spacial score (nSPS) is 17.3. The number of nitrogens with zero attached hydrogens (tertiary/aromatic N) is 2. The van der Waals surface area contributed by atoms with Gasteiger partial charge < -0.3 is 14.9 Å². The summed E-state index contributed by atoms with van der Waals surface area (Å²) in [6, 6.07) is 3.82. The highest BCUT2D eigenvalue weighted by atomic mass is 16.4. The Balaban J connectivity index is 2.25. The third-order valence-electron chi connectivity index (χ3n) is 4.59. The van der Waals surface area contributed by atoms with E-state index in [0.717, 1.165) is 22.4 Å². The maximum absolute atomic E-state index is 12.8. The molecule has 0 aromatic heterocycles. The van der Waals surface area contributed by atoms with E-state index in [1.807, 2.05) is 32.9 Å². The molecule has 6 heteroatoms. The second-order valence-corrected chi connectivity index (χ2v) is 7.11. The number of rotatable bonds is 5. The predicted molar refractivity (Wildman–Crippen MR) is 95.6 cm³/mol. The zero-order chi connectivity index (χ0) is 18.9. The summed E-state index contributed by atoms with van der Waals surface area (Å²) < 4.78 is 0. The van der Waals surface area contributed by atoms with Gasteiger partial charge in [0.1, 0.15) is 6.54 Å². The van der Waals surface area contributed by atoms with Gasteiger partial charge in [-0.15, -0.1) is 0 Å². The number of benzene rings is 1. The fourth-order valence-corrected chi connectivity index (χ4v) is 3.58. The summed E-state index contributed by atoms with van der Waals surface area (Å²) in [6.45, 7) is 9.45.